The molecule has 2 aromatic rings. The minimum absolute atomic E-state index is 0. The average molecular weight is 710 g/mol. The summed E-state index contributed by atoms with van der Waals surface area (Å²) in [7, 11) is 1.31. The second kappa shape index (κ2) is 15.1. The highest BCUT2D eigenvalue weighted by atomic mass is 35.5. The van der Waals surface area contributed by atoms with E-state index in [0.29, 0.717) is 0 Å². The normalized spacial score (nSPS) is 25.9. The number of ketones is 3. The van der Waals surface area contributed by atoms with Crippen LogP contribution in [0.4, 0.5) is 0 Å². The van der Waals surface area contributed by atoms with Gasteiger partial charge in [-0.05, 0) is 26.8 Å². The number of phenolic OH excluding ortho intramolecular Hbond substituents is 2. The number of phenols is 2. The molecule has 16 heteroatoms. The molecule has 49 heavy (non-hydrogen) atoms. The molecular weight excluding hydrogens is 670 g/mol. The van der Waals surface area contributed by atoms with Gasteiger partial charge >= 0.3 is 5.97 Å². The molecule has 0 saturated carbocycles. The highest BCUT2D eigenvalue weighted by Crippen LogP contribution is 2.52. The zero-order chi connectivity index (χ0) is 35.1. The Labute approximate surface area is 287 Å². The number of fused-ring (bicyclic) bond motifs is 3. The fourth-order valence-electron chi connectivity index (χ4n) is 6.43. The smallest absolute Gasteiger partial charge is 0.363 e. The number of esters is 1. The van der Waals surface area contributed by atoms with Crippen LogP contribution in [-0.2, 0) is 39.7 Å². The first kappa shape index (κ1) is 38.1. The summed E-state index contributed by atoms with van der Waals surface area (Å²) in [4.78, 5) is 53.7. The van der Waals surface area contributed by atoms with Gasteiger partial charge in [-0.3, -0.25) is 14.4 Å². The van der Waals surface area contributed by atoms with Crippen molar-refractivity contribution in [1.82, 2.24) is 0 Å². The maximum absolute atomic E-state index is 13.9. The lowest BCUT2D eigenvalue weighted by molar-refractivity contribution is -0.247. The summed E-state index contributed by atoms with van der Waals surface area (Å²) in [5.74, 6) is -5.00. The molecule has 0 amide bonds. The van der Waals surface area contributed by atoms with E-state index < -0.39 is 108 Å². The van der Waals surface area contributed by atoms with Gasteiger partial charge in [-0.25, -0.2) is 4.79 Å². The average Bonchev–Trinajstić information content (AvgIpc) is 3.05. The Morgan fingerprint density at radius 3 is 2.33 bits per heavy atom. The van der Waals surface area contributed by atoms with Crippen LogP contribution < -0.4 is 10.5 Å². The van der Waals surface area contributed by atoms with Crippen molar-refractivity contribution >= 4 is 35.7 Å². The standard InChI is InChI=1S/C33H39NO14.ClH/c1-5-44-32(45-6-2)31(41)46-13-20(35)33(42)11-16-23(19(12-33)48-21-10-17(34)26(36)14(3)47-21)30(40)25-24(28(16)38)27(37)15-8-7-9-18(43-4)22(15)29(25)39;/h7-9,14,17,19,21,26,32,36,38,40,42H,5-6,10-13,34H2,1-4H3;1H/t14-,17-,19?,21-,26+,33?;/m0./s1. The van der Waals surface area contributed by atoms with Gasteiger partial charge in [0.15, 0.2) is 18.7 Å². The summed E-state index contributed by atoms with van der Waals surface area (Å²) in [5.41, 5.74) is 2.06. The highest BCUT2D eigenvalue weighted by molar-refractivity contribution is 6.31. The largest absolute Gasteiger partial charge is 0.507 e. The van der Waals surface area contributed by atoms with E-state index in [9.17, 15) is 39.6 Å². The van der Waals surface area contributed by atoms with Crippen LogP contribution >= 0.6 is 12.4 Å². The molecule has 3 aliphatic rings. The van der Waals surface area contributed by atoms with Crippen molar-refractivity contribution in [1.29, 1.82) is 0 Å². The van der Waals surface area contributed by atoms with Crippen LogP contribution in [0, 0.1) is 0 Å². The fraction of sp³-hybridized carbons (Fsp3) is 0.515. The number of hydrogen-bond donors (Lipinski definition) is 5. The number of nitrogens with two attached hydrogens (primary N) is 1. The Morgan fingerprint density at radius 2 is 1.71 bits per heavy atom. The van der Waals surface area contributed by atoms with Crippen LogP contribution in [0.3, 0.4) is 0 Å². The molecule has 6 atom stereocenters. The molecule has 2 unspecified atom stereocenters. The van der Waals surface area contributed by atoms with Gasteiger partial charge in [0.25, 0.3) is 6.29 Å². The maximum Gasteiger partial charge on any atom is 0.363 e. The van der Waals surface area contributed by atoms with Gasteiger partial charge in [0.2, 0.25) is 11.6 Å². The first-order valence-electron chi connectivity index (χ1n) is 15.5. The minimum Gasteiger partial charge on any atom is -0.507 e. The Bertz CT molecular complexity index is 1610. The lowest BCUT2D eigenvalue weighted by atomic mass is 9.72. The van der Waals surface area contributed by atoms with Gasteiger partial charge in [0, 0.05) is 55.2 Å². The van der Waals surface area contributed by atoms with Gasteiger partial charge in [0.05, 0.1) is 42.1 Å². The van der Waals surface area contributed by atoms with Gasteiger partial charge in [-0.15, -0.1) is 12.4 Å². The molecule has 0 radical (unpaired) electrons. The lowest BCUT2D eigenvalue weighted by Gasteiger charge is -2.42. The van der Waals surface area contributed by atoms with Crippen LogP contribution in [0.15, 0.2) is 18.2 Å². The van der Waals surface area contributed by atoms with Gasteiger partial charge < -0.3 is 54.6 Å². The first-order valence-corrected chi connectivity index (χ1v) is 15.5. The number of benzene rings is 2. The van der Waals surface area contributed by atoms with Crippen LogP contribution in [0.2, 0.25) is 0 Å². The molecule has 0 aromatic heterocycles. The van der Waals surface area contributed by atoms with Crippen molar-refractivity contribution in [3.63, 3.8) is 0 Å². The third-order valence-electron chi connectivity index (χ3n) is 8.84. The van der Waals surface area contributed by atoms with E-state index >= 15 is 0 Å². The summed E-state index contributed by atoms with van der Waals surface area (Å²) in [6, 6.07) is 3.55. The number of carbonyl (C=O) groups is 4. The van der Waals surface area contributed by atoms with E-state index in [1.807, 2.05) is 0 Å². The van der Waals surface area contributed by atoms with Gasteiger partial charge in [-0.2, -0.15) is 0 Å². The molecule has 2 aromatic carbocycles. The summed E-state index contributed by atoms with van der Waals surface area (Å²) >= 11 is 0. The molecule has 0 bridgehead atoms. The molecule has 15 nitrogen and oxygen atoms in total. The van der Waals surface area contributed by atoms with E-state index in [4.69, 9.17) is 34.2 Å². The number of carbonyl (C=O) groups excluding carboxylic acids is 4. The summed E-state index contributed by atoms with van der Waals surface area (Å²) in [6.45, 7) is 4.12. The number of Topliss-reactive ketones (excluding diaryl/α,β-unsaturated/α-hetero) is 1. The molecule has 1 saturated heterocycles. The van der Waals surface area contributed by atoms with Crippen molar-refractivity contribution in [3.8, 4) is 17.2 Å². The second-order valence-corrected chi connectivity index (χ2v) is 11.9. The predicted octanol–water partition coefficient (Wildman–Crippen LogP) is 1.37. The Balaban J connectivity index is 0.00000541. The predicted molar refractivity (Wildman–Crippen MR) is 170 cm³/mol. The molecular formula is C33H40ClNO14. The van der Waals surface area contributed by atoms with Gasteiger partial charge in [-0.1, -0.05) is 12.1 Å². The number of ether oxygens (including phenoxy) is 6. The summed E-state index contributed by atoms with van der Waals surface area (Å²) in [5, 5.41) is 45.4. The lowest BCUT2D eigenvalue weighted by Crippen LogP contribution is -2.53. The zero-order valence-electron chi connectivity index (χ0n) is 27.3. The van der Waals surface area contributed by atoms with Crippen LogP contribution in [0.5, 0.6) is 17.2 Å². The molecule has 6 N–H and O–H groups in total. The van der Waals surface area contributed by atoms with Crippen LogP contribution in [0.25, 0.3) is 0 Å². The van der Waals surface area contributed by atoms with Gasteiger partial charge in [0.1, 0.15) is 22.8 Å². The third kappa shape index (κ3) is 6.90. The Kier molecular flexibility index (Phi) is 11.7. The number of aliphatic hydroxyl groups excluding tert-OH is 1. The number of methoxy groups -OCH3 is 1. The molecule has 1 fully saturated rings. The molecule has 1 heterocycles. The number of aromatic hydroxyl groups is 2. The van der Waals surface area contributed by atoms with Crippen molar-refractivity contribution in [2.24, 2.45) is 5.73 Å². The van der Waals surface area contributed by atoms with E-state index in [1.54, 1.807) is 20.8 Å². The van der Waals surface area contributed by atoms with Crippen molar-refractivity contribution in [2.75, 3.05) is 26.9 Å². The molecule has 5 rings (SSSR count). The fourth-order valence-corrected chi connectivity index (χ4v) is 6.43. The number of halogens is 1. The summed E-state index contributed by atoms with van der Waals surface area (Å²) < 4.78 is 32.7. The molecule has 2 aliphatic carbocycles. The third-order valence-corrected chi connectivity index (χ3v) is 8.84. The Morgan fingerprint density at radius 1 is 1.06 bits per heavy atom. The van der Waals surface area contributed by atoms with Crippen LogP contribution in [0.1, 0.15) is 82.7 Å². The number of aliphatic hydroxyl groups is 2. The quantitative estimate of drug-likeness (QED) is 0.108. The minimum atomic E-state index is -2.38. The SMILES string of the molecule is CCOC(OCC)C(=O)OCC(=O)C1(O)Cc2c(O)c3c(c(O)c2C(O[C@H]2C[C@H](N)[C@H](O)[C@H](C)O2)C1)C(=O)c1c(OC)cccc1C3=O.Cl. The topological polar surface area (TPSA) is 231 Å². The highest BCUT2D eigenvalue weighted by Gasteiger charge is 2.50. The zero-order valence-corrected chi connectivity index (χ0v) is 28.1. The molecule has 268 valence electrons. The van der Waals surface area contributed by atoms with Crippen molar-refractivity contribution in [2.45, 2.75) is 82.6 Å². The number of hydrogen-bond acceptors (Lipinski definition) is 15. The molecule has 1 aliphatic heterocycles. The van der Waals surface area contributed by atoms with E-state index in [2.05, 4.69) is 0 Å². The van der Waals surface area contributed by atoms with Crippen molar-refractivity contribution < 1.29 is 68.0 Å². The van der Waals surface area contributed by atoms with E-state index in [1.165, 1.54) is 25.3 Å². The van der Waals surface area contributed by atoms with Crippen LogP contribution in [-0.4, -0.2) is 107 Å². The van der Waals surface area contributed by atoms with E-state index in [0.717, 1.165) is 0 Å². The van der Waals surface area contributed by atoms with E-state index in [-0.39, 0.29) is 60.0 Å². The second-order valence-electron chi connectivity index (χ2n) is 11.9. The Hall–Kier alpha value is -3.67. The first-order chi connectivity index (χ1) is 22.8. The molecule has 0 spiro atoms. The summed E-state index contributed by atoms with van der Waals surface area (Å²) in [6.07, 6.45) is -7.01. The maximum atomic E-state index is 13.9. The monoisotopic (exact) mass is 709 g/mol. The van der Waals surface area contributed by atoms with Crippen molar-refractivity contribution in [3.05, 3.63) is 51.6 Å². The number of rotatable bonds is 11.